The lowest BCUT2D eigenvalue weighted by Crippen LogP contribution is -2.11. The molecule has 1 N–H and O–H groups in total. The number of benzene rings is 1. The van der Waals surface area contributed by atoms with Gasteiger partial charge in [0, 0.05) is 24.5 Å². The number of nitrogens with zero attached hydrogens (tertiary/aromatic N) is 2. The molecule has 0 spiro atoms. The molecule has 4 rings (SSSR count). The van der Waals surface area contributed by atoms with E-state index in [2.05, 4.69) is 59.4 Å². The van der Waals surface area contributed by atoms with E-state index < -0.39 is 0 Å². The first kappa shape index (κ1) is 14.5. The smallest absolute Gasteiger partial charge is 0.137 e. The summed E-state index contributed by atoms with van der Waals surface area (Å²) in [7, 11) is 0. The Kier molecular flexibility index (Phi) is 3.88. The van der Waals surface area contributed by atoms with E-state index in [1.165, 1.54) is 47.9 Å². The summed E-state index contributed by atoms with van der Waals surface area (Å²) >= 11 is 0. The number of pyridine rings is 1. The molecule has 0 unspecified atom stereocenters. The van der Waals surface area contributed by atoms with Gasteiger partial charge in [-0.15, -0.1) is 0 Å². The molecule has 23 heavy (non-hydrogen) atoms. The van der Waals surface area contributed by atoms with Crippen LogP contribution in [0.2, 0.25) is 0 Å². The molecule has 1 aliphatic carbocycles. The van der Waals surface area contributed by atoms with Gasteiger partial charge in [0.1, 0.15) is 5.65 Å². The fourth-order valence-corrected chi connectivity index (χ4v) is 3.44. The molecule has 0 bridgehead atoms. The van der Waals surface area contributed by atoms with Gasteiger partial charge in [-0.05, 0) is 67.1 Å². The van der Waals surface area contributed by atoms with E-state index in [0.29, 0.717) is 0 Å². The minimum atomic E-state index is 0.897. The summed E-state index contributed by atoms with van der Waals surface area (Å²) in [5, 5.41) is 3.36. The quantitative estimate of drug-likeness (QED) is 0.789. The predicted octanol–water partition coefficient (Wildman–Crippen LogP) is 3.99. The number of rotatable bonds is 4. The molecule has 0 atom stereocenters. The highest BCUT2D eigenvalue weighted by atomic mass is 15.0. The summed E-state index contributed by atoms with van der Waals surface area (Å²) in [4.78, 5) is 4.84. The van der Waals surface area contributed by atoms with Crippen LogP contribution in [0.1, 0.15) is 36.5 Å². The van der Waals surface area contributed by atoms with Gasteiger partial charge in [0.25, 0.3) is 0 Å². The van der Waals surface area contributed by atoms with Crippen LogP contribution in [-0.2, 0) is 19.4 Å². The van der Waals surface area contributed by atoms with E-state index in [4.69, 9.17) is 4.98 Å². The van der Waals surface area contributed by atoms with Gasteiger partial charge in [-0.3, -0.25) is 0 Å². The number of nitrogens with one attached hydrogen (secondary N) is 1. The van der Waals surface area contributed by atoms with Crippen LogP contribution < -0.4 is 5.32 Å². The van der Waals surface area contributed by atoms with Crippen molar-refractivity contribution in [2.24, 2.45) is 0 Å². The first-order valence-corrected chi connectivity index (χ1v) is 8.64. The van der Waals surface area contributed by atoms with Crippen molar-refractivity contribution in [2.75, 3.05) is 6.54 Å². The van der Waals surface area contributed by atoms with Crippen molar-refractivity contribution >= 4 is 5.65 Å². The van der Waals surface area contributed by atoms with Crippen LogP contribution in [0.15, 0.2) is 42.7 Å². The zero-order valence-electron chi connectivity index (χ0n) is 13.7. The summed E-state index contributed by atoms with van der Waals surface area (Å²) < 4.78 is 2.12. The average Bonchev–Trinajstić information content (AvgIpc) is 3.03. The van der Waals surface area contributed by atoms with Crippen LogP contribution >= 0.6 is 0 Å². The van der Waals surface area contributed by atoms with Crippen LogP contribution in [0.3, 0.4) is 0 Å². The van der Waals surface area contributed by atoms with Crippen molar-refractivity contribution < 1.29 is 0 Å². The Morgan fingerprint density at radius 3 is 2.83 bits per heavy atom. The van der Waals surface area contributed by atoms with Crippen molar-refractivity contribution in [3.05, 3.63) is 59.4 Å². The fourth-order valence-electron chi connectivity index (χ4n) is 3.44. The van der Waals surface area contributed by atoms with E-state index >= 15 is 0 Å². The molecule has 0 saturated carbocycles. The molecule has 1 aliphatic rings. The van der Waals surface area contributed by atoms with Crippen molar-refractivity contribution in [3.63, 3.8) is 0 Å². The fraction of sp³-hybridized carbons (Fsp3) is 0.350. The number of imidazole rings is 1. The summed E-state index contributed by atoms with van der Waals surface area (Å²) in [5.74, 6) is 0. The third-order valence-electron chi connectivity index (χ3n) is 4.75. The molecular weight excluding hydrogens is 282 g/mol. The van der Waals surface area contributed by atoms with Crippen LogP contribution in [0.5, 0.6) is 0 Å². The Labute approximate surface area is 137 Å². The molecule has 0 fully saturated rings. The zero-order valence-corrected chi connectivity index (χ0v) is 13.7. The number of hydrogen-bond donors (Lipinski definition) is 1. The molecule has 3 aromatic rings. The van der Waals surface area contributed by atoms with Gasteiger partial charge in [-0.25, -0.2) is 4.98 Å². The maximum Gasteiger partial charge on any atom is 0.137 e. The van der Waals surface area contributed by atoms with Crippen molar-refractivity contribution in [2.45, 2.75) is 39.2 Å². The molecule has 3 heteroatoms. The highest BCUT2D eigenvalue weighted by molar-refractivity contribution is 5.64. The summed E-state index contributed by atoms with van der Waals surface area (Å²) in [5.41, 5.74) is 7.65. The highest BCUT2D eigenvalue weighted by Crippen LogP contribution is 2.27. The van der Waals surface area contributed by atoms with Crippen molar-refractivity contribution in [1.82, 2.24) is 14.7 Å². The number of aryl methyl sites for hydroxylation is 2. The largest absolute Gasteiger partial charge is 0.313 e. The second-order valence-electron chi connectivity index (χ2n) is 6.40. The van der Waals surface area contributed by atoms with Gasteiger partial charge in [-0.2, -0.15) is 0 Å². The lowest BCUT2D eigenvalue weighted by Gasteiger charge is -2.15. The summed E-state index contributed by atoms with van der Waals surface area (Å²) in [6.45, 7) is 4.01. The minimum absolute atomic E-state index is 0.897. The second-order valence-corrected chi connectivity index (χ2v) is 6.40. The van der Waals surface area contributed by atoms with E-state index in [1.54, 1.807) is 0 Å². The van der Waals surface area contributed by atoms with Crippen LogP contribution in [0, 0.1) is 0 Å². The zero-order chi connectivity index (χ0) is 15.6. The average molecular weight is 305 g/mol. The normalized spacial score (nSPS) is 14.1. The van der Waals surface area contributed by atoms with Gasteiger partial charge in [0.15, 0.2) is 0 Å². The maximum absolute atomic E-state index is 4.84. The van der Waals surface area contributed by atoms with Gasteiger partial charge in [0.2, 0.25) is 0 Å². The third kappa shape index (κ3) is 2.89. The molecule has 0 radical (unpaired) electrons. The third-order valence-corrected chi connectivity index (χ3v) is 4.75. The topological polar surface area (TPSA) is 29.3 Å². The van der Waals surface area contributed by atoms with Gasteiger partial charge in [0.05, 0.1) is 5.69 Å². The molecular formula is C20H23N3. The minimum Gasteiger partial charge on any atom is -0.313 e. The monoisotopic (exact) mass is 305 g/mol. The Morgan fingerprint density at radius 1 is 1.09 bits per heavy atom. The van der Waals surface area contributed by atoms with Crippen molar-refractivity contribution in [1.29, 1.82) is 0 Å². The van der Waals surface area contributed by atoms with E-state index in [9.17, 15) is 0 Å². The summed E-state index contributed by atoms with van der Waals surface area (Å²) in [6.07, 6.45) is 9.33. The van der Waals surface area contributed by atoms with Crippen molar-refractivity contribution in [3.8, 4) is 11.3 Å². The summed E-state index contributed by atoms with van der Waals surface area (Å²) in [6, 6.07) is 11.2. The highest BCUT2D eigenvalue weighted by Gasteiger charge is 2.12. The van der Waals surface area contributed by atoms with Crippen LogP contribution in [0.25, 0.3) is 16.9 Å². The maximum atomic E-state index is 4.84. The van der Waals surface area contributed by atoms with Gasteiger partial charge >= 0.3 is 0 Å². The molecule has 2 aromatic heterocycles. The predicted molar refractivity (Wildman–Crippen MR) is 94.7 cm³/mol. The standard InChI is InChI=1S/C20H23N3/c1-2-21-13-15-9-10-23-14-19(22-20(23)11-15)18-8-7-16-5-3-4-6-17(16)12-18/h7-12,14,21H,2-6,13H2,1H3. The molecule has 0 aliphatic heterocycles. The van der Waals surface area contributed by atoms with Crippen LogP contribution in [0.4, 0.5) is 0 Å². The molecule has 1 aromatic carbocycles. The second kappa shape index (κ2) is 6.17. The first-order chi connectivity index (χ1) is 11.3. The Hall–Kier alpha value is -2.13. The number of hydrogen-bond acceptors (Lipinski definition) is 2. The molecule has 0 saturated heterocycles. The van der Waals surface area contributed by atoms with Crippen LogP contribution in [-0.4, -0.2) is 15.9 Å². The van der Waals surface area contributed by atoms with Gasteiger partial charge in [-0.1, -0.05) is 19.1 Å². The number of fused-ring (bicyclic) bond motifs is 2. The Bertz CT molecular complexity index is 832. The first-order valence-electron chi connectivity index (χ1n) is 8.64. The van der Waals surface area contributed by atoms with Gasteiger partial charge < -0.3 is 9.72 Å². The van der Waals surface area contributed by atoms with E-state index in [0.717, 1.165) is 24.4 Å². The SMILES string of the molecule is CCNCc1ccn2cc(-c3ccc4c(c3)CCCC4)nc2c1. The molecule has 118 valence electrons. The lowest BCUT2D eigenvalue weighted by atomic mass is 9.90. The lowest BCUT2D eigenvalue weighted by molar-refractivity contribution is 0.686. The Morgan fingerprint density at radius 2 is 1.96 bits per heavy atom. The molecule has 3 nitrogen and oxygen atoms in total. The molecule has 0 amide bonds. The number of aromatic nitrogens is 2. The van der Waals surface area contributed by atoms with E-state index in [-0.39, 0.29) is 0 Å². The molecule has 2 heterocycles. The van der Waals surface area contributed by atoms with E-state index in [1.807, 2.05) is 0 Å². The Balaban J connectivity index is 1.68.